The van der Waals surface area contributed by atoms with Gasteiger partial charge in [0.2, 0.25) is 0 Å². The van der Waals surface area contributed by atoms with Crippen molar-refractivity contribution in [3.05, 3.63) is 45.9 Å². The minimum Gasteiger partial charge on any atom is -0.362 e. The van der Waals surface area contributed by atoms with E-state index in [4.69, 9.17) is 11.6 Å². The molecule has 2 rings (SSSR count). The van der Waals surface area contributed by atoms with Crippen molar-refractivity contribution in [3.63, 3.8) is 0 Å². The Morgan fingerprint density at radius 1 is 1.35 bits per heavy atom. The van der Waals surface area contributed by atoms with Gasteiger partial charge in [0.05, 0.1) is 0 Å². The van der Waals surface area contributed by atoms with Crippen LogP contribution in [0, 0.1) is 0 Å². The van der Waals surface area contributed by atoms with Gasteiger partial charge in [-0.25, -0.2) is 4.98 Å². The molecule has 20 heavy (non-hydrogen) atoms. The quantitative estimate of drug-likeness (QED) is 0.856. The number of hydrogen-bond acceptors (Lipinski definition) is 4. The number of anilines is 1. The zero-order valence-corrected chi connectivity index (χ0v) is 13.6. The Morgan fingerprint density at radius 3 is 2.70 bits per heavy atom. The predicted molar refractivity (Wildman–Crippen MR) is 87.6 cm³/mol. The molecule has 108 valence electrons. The fourth-order valence-electron chi connectivity index (χ4n) is 1.99. The highest BCUT2D eigenvalue weighted by Gasteiger charge is 2.13. The van der Waals surface area contributed by atoms with Crippen LogP contribution in [0.2, 0.25) is 5.02 Å². The summed E-state index contributed by atoms with van der Waals surface area (Å²) >= 11 is 7.65. The second-order valence-electron chi connectivity index (χ2n) is 4.80. The second kappa shape index (κ2) is 7.07. The smallest absolute Gasteiger partial charge is 0.182 e. The molecule has 0 saturated carbocycles. The van der Waals surface area contributed by atoms with E-state index in [1.54, 1.807) is 11.3 Å². The molecule has 2 aromatic rings. The van der Waals surface area contributed by atoms with Crippen LogP contribution in [0.15, 0.2) is 30.5 Å². The summed E-state index contributed by atoms with van der Waals surface area (Å²) in [7, 11) is 2.13. The molecule has 1 aromatic heterocycles. The maximum atomic E-state index is 5.93. The van der Waals surface area contributed by atoms with E-state index in [2.05, 4.69) is 48.2 Å². The summed E-state index contributed by atoms with van der Waals surface area (Å²) in [6, 6.07) is 8.39. The third-order valence-electron chi connectivity index (χ3n) is 3.30. The van der Waals surface area contributed by atoms with Crippen LogP contribution < -0.4 is 5.32 Å². The third kappa shape index (κ3) is 3.95. The predicted octanol–water partition coefficient (Wildman–Crippen LogP) is 4.42. The van der Waals surface area contributed by atoms with E-state index in [1.807, 2.05) is 18.3 Å². The summed E-state index contributed by atoms with van der Waals surface area (Å²) in [5, 5.41) is 5.02. The summed E-state index contributed by atoms with van der Waals surface area (Å²) in [5.74, 6) is 0. The van der Waals surface area contributed by atoms with E-state index >= 15 is 0 Å². The van der Waals surface area contributed by atoms with Crippen LogP contribution >= 0.6 is 22.9 Å². The lowest BCUT2D eigenvalue weighted by atomic mass is 10.1. The first-order chi connectivity index (χ1) is 9.60. The van der Waals surface area contributed by atoms with Gasteiger partial charge in [-0.1, -0.05) is 23.7 Å². The van der Waals surface area contributed by atoms with Crippen LogP contribution in [0.4, 0.5) is 5.13 Å². The minimum atomic E-state index is 0.344. The molecule has 1 aromatic carbocycles. The van der Waals surface area contributed by atoms with Gasteiger partial charge < -0.3 is 5.32 Å². The number of benzene rings is 1. The molecule has 5 heteroatoms. The molecule has 3 nitrogen and oxygen atoms in total. The normalized spacial score (nSPS) is 12.7. The molecule has 0 aliphatic carbocycles. The Kier molecular flexibility index (Phi) is 5.40. The van der Waals surface area contributed by atoms with Gasteiger partial charge in [-0.2, -0.15) is 0 Å². The topological polar surface area (TPSA) is 28.2 Å². The molecular weight excluding hydrogens is 290 g/mol. The van der Waals surface area contributed by atoms with Gasteiger partial charge in [0.15, 0.2) is 5.13 Å². The van der Waals surface area contributed by atoms with Crippen molar-refractivity contribution in [1.82, 2.24) is 9.88 Å². The lowest BCUT2D eigenvalue weighted by Gasteiger charge is -2.24. The molecule has 1 N–H and O–H groups in total. The molecular formula is C15H20ClN3S. The molecule has 1 unspecified atom stereocenters. The third-order valence-corrected chi connectivity index (χ3v) is 4.49. The number of nitrogens with one attached hydrogen (secondary N) is 1. The fraction of sp³-hybridized carbons (Fsp3) is 0.400. The summed E-state index contributed by atoms with van der Waals surface area (Å²) in [5.41, 5.74) is 1.27. The Bertz CT molecular complexity index is 538. The zero-order chi connectivity index (χ0) is 14.5. The number of thiazole rings is 1. The van der Waals surface area contributed by atoms with Gasteiger partial charge in [0.1, 0.15) is 0 Å². The molecule has 1 atom stereocenters. The lowest BCUT2D eigenvalue weighted by Crippen LogP contribution is -2.21. The lowest BCUT2D eigenvalue weighted by molar-refractivity contribution is 0.255. The SMILES string of the molecule is CCNc1ncc(CN(C)C(C)c2ccc(Cl)cc2)s1. The highest BCUT2D eigenvalue weighted by atomic mass is 35.5. The van der Waals surface area contributed by atoms with E-state index in [-0.39, 0.29) is 0 Å². The van der Waals surface area contributed by atoms with Gasteiger partial charge in [0.25, 0.3) is 0 Å². The van der Waals surface area contributed by atoms with Crippen molar-refractivity contribution >= 4 is 28.1 Å². The zero-order valence-electron chi connectivity index (χ0n) is 12.1. The van der Waals surface area contributed by atoms with Crippen molar-refractivity contribution in [2.75, 3.05) is 18.9 Å². The van der Waals surface area contributed by atoms with Crippen molar-refractivity contribution in [2.45, 2.75) is 26.4 Å². The van der Waals surface area contributed by atoms with Crippen molar-refractivity contribution in [2.24, 2.45) is 0 Å². The van der Waals surface area contributed by atoms with E-state index in [1.165, 1.54) is 10.4 Å². The van der Waals surface area contributed by atoms with Crippen LogP contribution in [0.3, 0.4) is 0 Å². The molecule has 0 aliphatic rings. The Hall–Kier alpha value is -1.10. The summed E-state index contributed by atoms with van der Waals surface area (Å²) in [6.45, 7) is 6.09. The fourth-order valence-corrected chi connectivity index (χ4v) is 3.06. The van der Waals surface area contributed by atoms with Crippen LogP contribution in [0.5, 0.6) is 0 Å². The molecule has 0 fully saturated rings. The molecule has 0 amide bonds. The molecule has 0 saturated heterocycles. The molecule has 1 heterocycles. The number of nitrogens with zero attached hydrogens (tertiary/aromatic N) is 2. The van der Waals surface area contributed by atoms with Crippen LogP contribution in [0.1, 0.15) is 30.3 Å². The average molecular weight is 310 g/mol. The van der Waals surface area contributed by atoms with Crippen molar-refractivity contribution in [3.8, 4) is 0 Å². The van der Waals surface area contributed by atoms with E-state index < -0.39 is 0 Å². The van der Waals surface area contributed by atoms with Gasteiger partial charge in [-0.15, -0.1) is 11.3 Å². The maximum Gasteiger partial charge on any atom is 0.182 e. The molecule has 0 radical (unpaired) electrons. The van der Waals surface area contributed by atoms with Gasteiger partial charge in [-0.05, 0) is 38.6 Å². The number of aromatic nitrogens is 1. The first-order valence-electron chi connectivity index (χ1n) is 6.74. The average Bonchev–Trinajstić information content (AvgIpc) is 2.86. The maximum absolute atomic E-state index is 5.93. The number of halogens is 1. The largest absolute Gasteiger partial charge is 0.362 e. The summed E-state index contributed by atoms with van der Waals surface area (Å²) < 4.78 is 0. The van der Waals surface area contributed by atoms with Crippen LogP contribution in [-0.2, 0) is 6.54 Å². The van der Waals surface area contributed by atoms with E-state index in [0.29, 0.717) is 6.04 Å². The van der Waals surface area contributed by atoms with E-state index in [0.717, 1.165) is 23.2 Å². The second-order valence-corrected chi connectivity index (χ2v) is 6.36. The number of rotatable bonds is 6. The van der Waals surface area contributed by atoms with Crippen molar-refractivity contribution in [1.29, 1.82) is 0 Å². The minimum absolute atomic E-state index is 0.344. The summed E-state index contributed by atoms with van der Waals surface area (Å²) in [4.78, 5) is 7.95. The molecule has 0 bridgehead atoms. The standard InChI is InChI=1S/C15H20ClN3S/c1-4-17-15-18-9-14(20-15)10-19(3)11(2)12-5-7-13(16)8-6-12/h5-9,11H,4,10H2,1-3H3,(H,17,18). The van der Waals surface area contributed by atoms with Gasteiger partial charge >= 0.3 is 0 Å². The van der Waals surface area contributed by atoms with Crippen LogP contribution in [-0.4, -0.2) is 23.5 Å². The highest BCUT2D eigenvalue weighted by Crippen LogP contribution is 2.25. The highest BCUT2D eigenvalue weighted by molar-refractivity contribution is 7.15. The van der Waals surface area contributed by atoms with Gasteiger partial charge in [-0.3, -0.25) is 4.90 Å². The van der Waals surface area contributed by atoms with Gasteiger partial charge in [0, 0.05) is 35.2 Å². The molecule has 0 aliphatic heterocycles. The van der Waals surface area contributed by atoms with E-state index in [9.17, 15) is 0 Å². The Labute approximate surface area is 129 Å². The Morgan fingerprint density at radius 2 is 2.05 bits per heavy atom. The monoisotopic (exact) mass is 309 g/mol. The first-order valence-corrected chi connectivity index (χ1v) is 7.94. The Balaban J connectivity index is 1.99. The van der Waals surface area contributed by atoms with Crippen LogP contribution in [0.25, 0.3) is 0 Å². The first kappa shape index (κ1) is 15.3. The molecule has 0 spiro atoms. The van der Waals surface area contributed by atoms with Crippen molar-refractivity contribution < 1.29 is 0 Å². The number of hydrogen-bond donors (Lipinski definition) is 1. The summed E-state index contributed by atoms with van der Waals surface area (Å²) in [6.07, 6.45) is 1.95.